The molecule has 0 spiro atoms. The third kappa shape index (κ3) is 3.83. The van der Waals surface area contributed by atoms with Gasteiger partial charge in [-0.1, -0.05) is 18.2 Å². The monoisotopic (exact) mass is 579 g/mol. The topological polar surface area (TPSA) is 111 Å². The van der Waals surface area contributed by atoms with Gasteiger partial charge in [-0.2, -0.15) is 10.5 Å². The average molecular weight is 581 g/mol. The number of allylic oxidation sites excluding steroid dienone is 1. The molecule has 3 aromatic rings. The van der Waals surface area contributed by atoms with Crippen LogP contribution in [0.25, 0.3) is 0 Å². The van der Waals surface area contributed by atoms with Crippen molar-refractivity contribution >= 4 is 31.9 Å². The van der Waals surface area contributed by atoms with Crippen LogP contribution in [0.5, 0.6) is 23.0 Å². The van der Waals surface area contributed by atoms with E-state index in [4.69, 9.17) is 24.7 Å². The van der Waals surface area contributed by atoms with E-state index in [1.807, 2.05) is 36.4 Å². The van der Waals surface area contributed by atoms with E-state index in [1.54, 1.807) is 12.1 Å². The molecule has 0 aliphatic carbocycles. The first kappa shape index (κ1) is 22.1. The summed E-state index contributed by atoms with van der Waals surface area (Å²) in [6, 6.07) is 18.9. The standard InChI is InChI=1S/C25H15Br2N3O4/c26-18-5-15(6-19(27)24(18)31-11-14-4-2-1-3-13(14)9-28)23-16-7-21-22(33-12-32-21)8-20(16)34-25(30)17(23)10-29/h1-8,23H,11-12,30H2/t23-/m1/s1. The van der Waals surface area contributed by atoms with Crippen LogP contribution in [0.3, 0.4) is 0 Å². The van der Waals surface area contributed by atoms with Crippen molar-refractivity contribution in [2.45, 2.75) is 12.5 Å². The van der Waals surface area contributed by atoms with E-state index in [0.717, 1.165) is 16.7 Å². The van der Waals surface area contributed by atoms with Crippen LogP contribution in [0.4, 0.5) is 0 Å². The minimum atomic E-state index is -0.482. The van der Waals surface area contributed by atoms with Crippen molar-refractivity contribution < 1.29 is 18.9 Å². The highest BCUT2D eigenvalue weighted by Crippen LogP contribution is 2.49. The highest BCUT2D eigenvalue weighted by atomic mass is 79.9. The van der Waals surface area contributed by atoms with Crippen LogP contribution in [0.1, 0.15) is 28.2 Å². The second kappa shape index (κ2) is 8.94. The van der Waals surface area contributed by atoms with Gasteiger partial charge in [0.25, 0.3) is 0 Å². The Morgan fingerprint density at radius 2 is 1.68 bits per heavy atom. The molecular weight excluding hydrogens is 566 g/mol. The predicted molar refractivity (Wildman–Crippen MR) is 129 cm³/mol. The minimum absolute atomic E-state index is 0.0412. The third-order valence-corrected chi connectivity index (χ3v) is 6.75. The number of benzene rings is 3. The van der Waals surface area contributed by atoms with Crippen LogP contribution in [-0.4, -0.2) is 6.79 Å². The molecule has 0 aromatic heterocycles. The SMILES string of the molecule is N#CC1=C(N)Oc2cc3c(cc2[C@H]1c1cc(Br)c(OCc2ccccc2C#N)c(Br)c1)OCO3. The van der Waals surface area contributed by atoms with E-state index in [2.05, 4.69) is 44.0 Å². The summed E-state index contributed by atoms with van der Waals surface area (Å²) in [7, 11) is 0. The molecule has 0 amide bonds. The number of hydrogen-bond donors (Lipinski definition) is 1. The van der Waals surface area contributed by atoms with Gasteiger partial charge in [0.15, 0.2) is 11.5 Å². The number of nitriles is 2. The van der Waals surface area contributed by atoms with E-state index in [9.17, 15) is 10.5 Å². The van der Waals surface area contributed by atoms with Crippen molar-refractivity contribution in [2.24, 2.45) is 5.73 Å². The van der Waals surface area contributed by atoms with Crippen molar-refractivity contribution in [3.63, 3.8) is 0 Å². The van der Waals surface area contributed by atoms with E-state index in [0.29, 0.717) is 43.1 Å². The summed E-state index contributed by atoms with van der Waals surface area (Å²) in [6.07, 6.45) is 0. The van der Waals surface area contributed by atoms with Crippen molar-refractivity contribution in [2.75, 3.05) is 6.79 Å². The number of halogens is 2. The maximum absolute atomic E-state index is 9.87. The van der Waals surface area contributed by atoms with Crippen LogP contribution < -0.4 is 24.7 Å². The average Bonchev–Trinajstić information content (AvgIpc) is 3.28. The van der Waals surface area contributed by atoms with Gasteiger partial charge in [-0.3, -0.25) is 0 Å². The molecule has 2 aliphatic rings. The number of rotatable bonds is 4. The van der Waals surface area contributed by atoms with E-state index >= 15 is 0 Å². The zero-order chi connectivity index (χ0) is 23.8. The normalized spacial score (nSPS) is 15.7. The molecule has 3 aromatic carbocycles. The Morgan fingerprint density at radius 1 is 0.971 bits per heavy atom. The van der Waals surface area contributed by atoms with Crippen LogP contribution in [0, 0.1) is 22.7 Å². The smallest absolute Gasteiger partial charge is 0.231 e. The maximum Gasteiger partial charge on any atom is 0.231 e. The summed E-state index contributed by atoms with van der Waals surface area (Å²) >= 11 is 7.19. The number of ether oxygens (including phenoxy) is 4. The molecule has 5 rings (SSSR count). The summed E-state index contributed by atoms with van der Waals surface area (Å²) in [4.78, 5) is 0. The molecule has 2 N–H and O–H groups in total. The molecule has 0 saturated carbocycles. The van der Waals surface area contributed by atoms with Gasteiger partial charge in [-0.15, -0.1) is 0 Å². The molecule has 0 unspecified atom stereocenters. The Labute approximate surface area is 212 Å². The summed E-state index contributed by atoms with van der Waals surface area (Å²) in [5.74, 6) is 1.79. The summed E-state index contributed by atoms with van der Waals surface area (Å²) in [6.45, 7) is 0.342. The van der Waals surface area contributed by atoms with Gasteiger partial charge < -0.3 is 24.7 Å². The largest absolute Gasteiger partial charge is 0.486 e. The molecular formula is C25H15Br2N3O4. The Balaban J connectivity index is 1.53. The second-order valence-electron chi connectivity index (χ2n) is 7.54. The van der Waals surface area contributed by atoms with Crippen LogP contribution in [0.15, 0.2) is 68.9 Å². The lowest BCUT2D eigenvalue weighted by molar-refractivity contribution is 0.174. The first-order chi connectivity index (χ1) is 16.5. The Hall–Kier alpha value is -3.66. The molecule has 0 fully saturated rings. The first-order valence-electron chi connectivity index (χ1n) is 10.1. The van der Waals surface area contributed by atoms with E-state index in [-0.39, 0.29) is 19.3 Å². The van der Waals surface area contributed by atoms with E-state index < -0.39 is 5.92 Å². The van der Waals surface area contributed by atoms with Crippen molar-refractivity contribution in [3.05, 3.63) is 91.2 Å². The zero-order valence-corrected chi connectivity index (χ0v) is 20.6. The minimum Gasteiger partial charge on any atom is -0.486 e. The number of fused-ring (bicyclic) bond motifs is 2. The molecule has 2 heterocycles. The maximum atomic E-state index is 9.87. The molecule has 168 valence electrons. The van der Waals surface area contributed by atoms with Gasteiger partial charge in [0, 0.05) is 17.2 Å². The highest BCUT2D eigenvalue weighted by Gasteiger charge is 2.34. The number of nitrogens with two attached hydrogens (primary N) is 1. The van der Waals surface area contributed by atoms with Crippen LogP contribution >= 0.6 is 31.9 Å². The lowest BCUT2D eigenvalue weighted by Crippen LogP contribution is -2.21. The summed E-state index contributed by atoms with van der Waals surface area (Å²) < 4.78 is 24.1. The Morgan fingerprint density at radius 3 is 2.38 bits per heavy atom. The quantitative estimate of drug-likeness (QED) is 0.427. The fourth-order valence-electron chi connectivity index (χ4n) is 3.98. The summed E-state index contributed by atoms with van der Waals surface area (Å²) in [5.41, 5.74) is 9.28. The van der Waals surface area contributed by atoms with Crippen LogP contribution in [0.2, 0.25) is 0 Å². The Bertz CT molecular complexity index is 1420. The van der Waals surface area contributed by atoms with E-state index in [1.165, 1.54) is 0 Å². The zero-order valence-electron chi connectivity index (χ0n) is 17.5. The van der Waals surface area contributed by atoms with Crippen molar-refractivity contribution in [1.29, 1.82) is 10.5 Å². The fourth-order valence-corrected chi connectivity index (χ4v) is 5.43. The lowest BCUT2D eigenvalue weighted by Gasteiger charge is -2.27. The van der Waals surface area contributed by atoms with Gasteiger partial charge in [-0.25, -0.2) is 0 Å². The van der Waals surface area contributed by atoms with Crippen molar-refractivity contribution in [3.8, 4) is 35.1 Å². The molecule has 7 nitrogen and oxygen atoms in total. The summed E-state index contributed by atoms with van der Waals surface area (Å²) in [5, 5.41) is 19.2. The molecule has 0 bridgehead atoms. The molecule has 9 heteroatoms. The van der Waals surface area contributed by atoms with Gasteiger partial charge in [0.2, 0.25) is 12.7 Å². The van der Waals surface area contributed by atoms with Gasteiger partial charge in [-0.05, 0) is 61.7 Å². The van der Waals surface area contributed by atoms with Gasteiger partial charge in [0.05, 0.1) is 26.5 Å². The molecule has 0 radical (unpaired) electrons. The third-order valence-electron chi connectivity index (χ3n) is 5.57. The molecule has 1 atom stereocenters. The first-order valence-corrected chi connectivity index (χ1v) is 11.7. The second-order valence-corrected chi connectivity index (χ2v) is 9.25. The Kier molecular flexibility index (Phi) is 5.82. The molecule has 0 saturated heterocycles. The van der Waals surface area contributed by atoms with Gasteiger partial charge >= 0.3 is 0 Å². The van der Waals surface area contributed by atoms with Gasteiger partial charge in [0.1, 0.15) is 29.7 Å². The molecule has 34 heavy (non-hydrogen) atoms. The predicted octanol–water partition coefficient (Wildman–Crippen LogP) is 5.61. The highest BCUT2D eigenvalue weighted by molar-refractivity contribution is 9.11. The molecule has 2 aliphatic heterocycles. The number of hydrogen-bond acceptors (Lipinski definition) is 7. The fraction of sp³-hybridized carbons (Fsp3) is 0.120. The van der Waals surface area contributed by atoms with Crippen molar-refractivity contribution in [1.82, 2.24) is 0 Å². The lowest BCUT2D eigenvalue weighted by atomic mass is 9.83. The number of nitrogens with zero attached hydrogens (tertiary/aromatic N) is 2. The van der Waals surface area contributed by atoms with Crippen LogP contribution in [-0.2, 0) is 6.61 Å².